The van der Waals surface area contributed by atoms with Gasteiger partial charge in [-0.1, -0.05) is 24.3 Å². The van der Waals surface area contributed by atoms with Crippen LogP contribution >= 0.6 is 0 Å². The van der Waals surface area contributed by atoms with Crippen molar-refractivity contribution in [1.29, 1.82) is 0 Å². The Bertz CT molecular complexity index is 484. The van der Waals surface area contributed by atoms with Crippen molar-refractivity contribution in [3.05, 3.63) is 35.4 Å². The average Bonchev–Trinajstić information content (AvgIpc) is 2.27. The van der Waals surface area contributed by atoms with E-state index in [2.05, 4.69) is 0 Å². The first-order valence-corrected chi connectivity index (χ1v) is 7.73. The minimum absolute atomic E-state index is 0.00292. The van der Waals surface area contributed by atoms with Crippen molar-refractivity contribution in [3.8, 4) is 0 Å². The van der Waals surface area contributed by atoms with Crippen molar-refractivity contribution in [2.45, 2.75) is 33.4 Å². The second-order valence-corrected chi connectivity index (χ2v) is 6.71. The molecule has 18 heavy (non-hydrogen) atoms. The Hall–Kier alpha value is -0.910. The average molecular weight is 270 g/mol. The second kappa shape index (κ2) is 6.31. The third kappa shape index (κ3) is 3.80. The molecule has 0 heterocycles. The van der Waals surface area contributed by atoms with Crippen LogP contribution in [-0.2, 0) is 16.6 Å². The zero-order valence-corrected chi connectivity index (χ0v) is 12.1. The first kappa shape index (κ1) is 15.1. The van der Waals surface area contributed by atoms with E-state index in [9.17, 15) is 8.42 Å². The summed E-state index contributed by atoms with van der Waals surface area (Å²) >= 11 is 0. The maximum atomic E-state index is 12.1. The van der Waals surface area contributed by atoms with E-state index in [1.54, 1.807) is 0 Å². The summed E-state index contributed by atoms with van der Waals surface area (Å²) in [4.78, 5) is 0. The molecule has 0 radical (unpaired) electrons. The zero-order valence-electron chi connectivity index (χ0n) is 11.3. The van der Waals surface area contributed by atoms with E-state index in [4.69, 9.17) is 5.73 Å². The fourth-order valence-electron chi connectivity index (χ4n) is 1.82. The van der Waals surface area contributed by atoms with Crippen LogP contribution in [0.2, 0.25) is 0 Å². The normalized spacial score (nSPS) is 12.3. The number of rotatable bonds is 6. The number of hydrogen-bond donors (Lipinski definition) is 1. The Labute approximate surface area is 110 Å². The molecular formula is C13H22N2O2S. The number of sulfonamides is 1. The molecule has 4 nitrogen and oxygen atoms in total. The highest BCUT2D eigenvalue weighted by Crippen LogP contribution is 2.16. The van der Waals surface area contributed by atoms with Gasteiger partial charge in [0.25, 0.3) is 0 Å². The number of hydrogen-bond acceptors (Lipinski definition) is 3. The molecule has 2 N–H and O–H groups in total. The lowest BCUT2D eigenvalue weighted by atomic mass is 10.1. The summed E-state index contributed by atoms with van der Waals surface area (Å²) in [6.45, 7) is 6.31. The van der Waals surface area contributed by atoms with Crippen molar-refractivity contribution >= 4 is 10.0 Å². The molecule has 1 rings (SSSR count). The lowest BCUT2D eigenvalue weighted by molar-refractivity contribution is 0.348. The highest BCUT2D eigenvalue weighted by atomic mass is 32.2. The van der Waals surface area contributed by atoms with Crippen molar-refractivity contribution in [3.63, 3.8) is 0 Å². The third-order valence-corrected chi connectivity index (χ3v) is 4.91. The quantitative estimate of drug-likeness (QED) is 0.852. The summed E-state index contributed by atoms with van der Waals surface area (Å²) in [5.41, 5.74) is 7.51. The molecule has 1 aromatic rings. The fraction of sp³-hybridized carbons (Fsp3) is 0.538. The molecule has 0 atom stereocenters. The smallest absolute Gasteiger partial charge is 0.215 e. The van der Waals surface area contributed by atoms with Crippen LogP contribution in [-0.4, -0.2) is 31.1 Å². The van der Waals surface area contributed by atoms with Gasteiger partial charge in [0.1, 0.15) is 0 Å². The van der Waals surface area contributed by atoms with Crippen LogP contribution in [0.15, 0.2) is 24.3 Å². The molecule has 0 aliphatic carbocycles. The molecule has 0 aliphatic heterocycles. The molecule has 0 bridgehead atoms. The van der Waals surface area contributed by atoms with Gasteiger partial charge >= 0.3 is 0 Å². The Kier molecular flexibility index (Phi) is 5.31. The number of nitrogens with two attached hydrogens (primary N) is 1. The van der Waals surface area contributed by atoms with Crippen molar-refractivity contribution in [2.24, 2.45) is 5.73 Å². The van der Waals surface area contributed by atoms with Gasteiger partial charge in [-0.15, -0.1) is 0 Å². The first-order valence-electron chi connectivity index (χ1n) is 6.12. The predicted octanol–water partition coefficient (Wildman–Crippen LogP) is 1.49. The standard InChI is InChI=1S/C13H22N2O2S/c1-11(2)15(18(16,17)9-8-14)10-13-7-5-4-6-12(13)3/h4-7,11H,8-10,14H2,1-3H3. The third-order valence-electron chi connectivity index (χ3n) is 2.90. The molecule has 1 aromatic carbocycles. The van der Waals surface area contributed by atoms with Crippen LogP contribution in [0.1, 0.15) is 25.0 Å². The molecule has 0 amide bonds. The molecule has 0 aromatic heterocycles. The van der Waals surface area contributed by atoms with E-state index in [-0.39, 0.29) is 18.3 Å². The minimum Gasteiger partial charge on any atom is -0.329 e. The Morgan fingerprint density at radius 3 is 2.39 bits per heavy atom. The SMILES string of the molecule is Cc1ccccc1CN(C(C)C)S(=O)(=O)CCN. The second-order valence-electron chi connectivity index (χ2n) is 4.67. The van der Waals surface area contributed by atoms with Crippen LogP contribution in [0, 0.1) is 6.92 Å². The van der Waals surface area contributed by atoms with Gasteiger partial charge in [0.15, 0.2) is 0 Å². The molecule has 5 heteroatoms. The van der Waals surface area contributed by atoms with Crippen molar-refractivity contribution < 1.29 is 8.42 Å². The van der Waals surface area contributed by atoms with Gasteiger partial charge in [0.05, 0.1) is 5.75 Å². The van der Waals surface area contributed by atoms with Gasteiger partial charge in [0, 0.05) is 19.1 Å². The van der Waals surface area contributed by atoms with Gasteiger partial charge in [-0.05, 0) is 31.9 Å². The van der Waals surface area contributed by atoms with Crippen LogP contribution in [0.5, 0.6) is 0 Å². The number of aryl methyl sites for hydroxylation is 1. The van der Waals surface area contributed by atoms with Gasteiger partial charge in [-0.25, -0.2) is 8.42 Å². The maximum Gasteiger partial charge on any atom is 0.215 e. The highest BCUT2D eigenvalue weighted by Gasteiger charge is 2.24. The lowest BCUT2D eigenvalue weighted by Gasteiger charge is -2.26. The summed E-state index contributed by atoms with van der Waals surface area (Å²) in [6.07, 6.45) is 0. The summed E-state index contributed by atoms with van der Waals surface area (Å²) < 4.78 is 25.8. The van der Waals surface area contributed by atoms with E-state index in [0.717, 1.165) is 11.1 Å². The zero-order chi connectivity index (χ0) is 13.8. The predicted molar refractivity (Wildman–Crippen MR) is 74.7 cm³/mol. The summed E-state index contributed by atoms with van der Waals surface area (Å²) in [7, 11) is -3.28. The van der Waals surface area contributed by atoms with Gasteiger partial charge in [-0.2, -0.15) is 4.31 Å². The summed E-state index contributed by atoms with van der Waals surface area (Å²) in [5.74, 6) is -0.00292. The summed E-state index contributed by atoms with van der Waals surface area (Å²) in [5, 5.41) is 0. The van der Waals surface area contributed by atoms with E-state index in [1.807, 2.05) is 45.0 Å². The minimum atomic E-state index is -3.28. The first-order chi connectivity index (χ1) is 8.38. The molecular weight excluding hydrogens is 248 g/mol. The molecule has 0 saturated heterocycles. The monoisotopic (exact) mass is 270 g/mol. The topological polar surface area (TPSA) is 63.4 Å². The van der Waals surface area contributed by atoms with Crippen LogP contribution in [0.25, 0.3) is 0 Å². The maximum absolute atomic E-state index is 12.1. The molecule has 0 aliphatic rings. The molecule has 0 saturated carbocycles. The van der Waals surface area contributed by atoms with Crippen LogP contribution < -0.4 is 5.73 Å². The number of nitrogens with zero attached hydrogens (tertiary/aromatic N) is 1. The summed E-state index contributed by atoms with van der Waals surface area (Å²) in [6, 6.07) is 7.76. The van der Waals surface area contributed by atoms with Gasteiger partial charge in [-0.3, -0.25) is 0 Å². The van der Waals surface area contributed by atoms with E-state index in [0.29, 0.717) is 6.54 Å². The van der Waals surface area contributed by atoms with E-state index in [1.165, 1.54) is 4.31 Å². The lowest BCUT2D eigenvalue weighted by Crippen LogP contribution is -2.39. The molecule has 0 spiro atoms. The number of benzene rings is 1. The Balaban J connectivity index is 2.99. The van der Waals surface area contributed by atoms with Crippen LogP contribution in [0.3, 0.4) is 0 Å². The van der Waals surface area contributed by atoms with Crippen molar-refractivity contribution in [1.82, 2.24) is 4.31 Å². The van der Waals surface area contributed by atoms with Gasteiger partial charge in [0.2, 0.25) is 10.0 Å². The largest absolute Gasteiger partial charge is 0.329 e. The van der Waals surface area contributed by atoms with E-state index < -0.39 is 10.0 Å². The molecule has 0 fully saturated rings. The Morgan fingerprint density at radius 1 is 1.28 bits per heavy atom. The van der Waals surface area contributed by atoms with Crippen molar-refractivity contribution in [2.75, 3.05) is 12.3 Å². The fourth-order valence-corrected chi connectivity index (χ4v) is 3.33. The van der Waals surface area contributed by atoms with Gasteiger partial charge < -0.3 is 5.73 Å². The molecule has 102 valence electrons. The highest BCUT2D eigenvalue weighted by molar-refractivity contribution is 7.89. The molecule has 0 unspecified atom stereocenters. The van der Waals surface area contributed by atoms with E-state index >= 15 is 0 Å². The Morgan fingerprint density at radius 2 is 1.89 bits per heavy atom. The van der Waals surface area contributed by atoms with Crippen LogP contribution in [0.4, 0.5) is 0 Å².